The number of carbonyl (C=O) groups excluding carboxylic acids is 1. The number of nitrogens with one attached hydrogen (secondary N) is 1. The first-order chi connectivity index (χ1) is 21.5. The summed E-state index contributed by atoms with van der Waals surface area (Å²) in [5.74, 6) is 2.41. The minimum Gasteiger partial charge on any atom is -0.496 e. The molecule has 13 nitrogen and oxygen atoms in total. The van der Waals surface area contributed by atoms with Gasteiger partial charge < -0.3 is 28.6 Å². The van der Waals surface area contributed by atoms with Crippen molar-refractivity contribution >= 4 is 37.9 Å². The molecule has 1 N–H and O–H groups in total. The molecule has 7 rings (SSSR count). The number of piperazine rings is 1. The molecule has 0 radical (unpaired) electrons. The normalized spacial score (nSPS) is 15.6. The Morgan fingerprint density at radius 3 is 2.38 bits per heavy atom. The number of aryl methyl sites for hydroxylation is 3. The van der Waals surface area contributed by atoms with Crippen molar-refractivity contribution in [3.05, 3.63) is 47.1 Å². The number of methoxy groups -OCH3 is 1. The predicted octanol–water partition coefficient (Wildman–Crippen LogP) is 3.86. The minimum absolute atomic E-state index is 0.238. The summed E-state index contributed by atoms with van der Waals surface area (Å²) < 4.78 is 48.8. The van der Waals surface area contributed by atoms with Crippen LogP contribution in [0.25, 0.3) is 44.3 Å². The molecule has 14 heteroatoms. The number of sulfonamides is 1. The van der Waals surface area contributed by atoms with E-state index in [2.05, 4.69) is 10.1 Å². The zero-order chi connectivity index (χ0) is 31.6. The summed E-state index contributed by atoms with van der Waals surface area (Å²) in [7, 11) is -1.70. The van der Waals surface area contributed by atoms with Crippen LogP contribution >= 0.6 is 0 Å². The van der Waals surface area contributed by atoms with Gasteiger partial charge >= 0.3 is 0 Å². The van der Waals surface area contributed by atoms with Gasteiger partial charge in [0.15, 0.2) is 11.5 Å². The van der Waals surface area contributed by atoms with E-state index in [9.17, 15) is 13.2 Å². The lowest BCUT2D eigenvalue weighted by Crippen LogP contribution is -2.50. The Morgan fingerprint density at radius 1 is 0.978 bits per heavy atom. The second kappa shape index (κ2) is 10.7. The molecule has 2 aliphatic rings. The third-order valence-corrected chi connectivity index (χ3v) is 9.66. The Hall–Kier alpha value is -4.69. The SMILES string of the molecule is COc1cc2c(cc1-c1c(C)noc1C)[nH]c1nc(C)nc(-c3ccc(C(=O)N4CCN(S(C)(=O)=O)CC4)c4c3OCCO4)c12. The number of amides is 1. The summed E-state index contributed by atoms with van der Waals surface area (Å²) in [5.41, 5.74) is 5.57. The number of hydrogen-bond acceptors (Lipinski definition) is 10. The maximum Gasteiger partial charge on any atom is 0.257 e. The van der Waals surface area contributed by atoms with Gasteiger partial charge in [0.2, 0.25) is 10.0 Å². The average Bonchev–Trinajstić information content (AvgIpc) is 3.56. The molecule has 0 aliphatic carbocycles. The number of H-pyrrole nitrogens is 1. The molecular formula is C31H32N6O7S. The lowest BCUT2D eigenvalue weighted by molar-refractivity contribution is 0.0688. The zero-order valence-electron chi connectivity index (χ0n) is 25.6. The van der Waals surface area contributed by atoms with Crippen LogP contribution in [0, 0.1) is 20.8 Å². The van der Waals surface area contributed by atoms with E-state index in [4.69, 9.17) is 28.7 Å². The molecule has 2 aliphatic heterocycles. The molecule has 5 heterocycles. The zero-order valence-corrected chi connectivity index (χ0v) is 26.4. The van der Waals surface area contributed by atoms with Crippen LogP contribution in [0.15, 0.2) is 28.8 Å². The van der Waals surface area contributed by atoms with Crippen molar-refractivity contribution in [3.8, 4) is 39.6 Å². The first kappa shape index (κ1) is 29.0. The fourth-order valence-corrected chi connectivity index (χ4v) is 7.07. The Balaban J connectivity index is 1.35. The molecule has 0 atom stereocenters. The summed E-state index contributed by atoms with van der Waals surface area (Å²) in [5, 5.41) is 5.74. The first-order valence-corrected chi connectivity index (χ1v) is 16.4. The maximum atomic E-state index is 13.7. The number of ether oxygens (including phenoxy) is 3. The van der Waals surface area contributed by atoms with Gasteiger partial charge in [0, 0.05) is 48.2 Å². The molecule has 1 fully saturated rings. The van der Waals surface area contributed by atoms with Gasteiger partial charge in [0.25, 0.3) is 5.91 Å². The molecule has 1 saturated heterocycles. The van der Waals surface area contributed by atoms with E-state index in [-0.39, 0.29) is 38.7 Å². The third-order valence-electron chi connectivity index (χ3n) is 8.35. The predicted molar refractivity (Wildman–Crippen MR) is 166 cm³/mol. The number of aromatic nitrogens is 4. The fraction of sp³-hybridized carbons (Fsp3) is 0.355. The van der Waals surface area contributed by atoms with E-state index in [1.54, 1.807) is 18.1 Å². The van der Waals surface area contributed by atoms with Crippen molar-refractivity contribution in [2.45, 2.75) is 20.8 Å². The van der Waals surface area contributed by atoms with E-state index in [0.29, 0.717) is 57.9 Å². The van der Waals surface area contributed by atoms with Gasteiger partial charge in [-0.25, -0.2) is 18.4 Å². The van der Waals surface area contributed by atoms with Crippen LogP contribution < -0.4 is 14.2 Å². The molecule has 5 aromatic rings. The largest absolute Gasteiger partial charge is 0.496 e. The number of rotatable bonds is 5. The van der Waals surface area contributed by atoms with Gasteiger partial charge in [0.05, 0.1) is 41.3 Å². The highest BCUT2D eigenvalue weighted by Crippen LogP contribution is 2.46. The van der Waals surface area contributed by atoms with E-state index in [1.165, 1.54) is 10.6 Å². The molecule has 45 heavy (non-hydrogen) atoms. The molecule has 0 spiro atoms. The smallest absolute Gasteiger partial charge is 0.257 e. The second-order valence-electron chi connectivity index (χ2n) is 11.2. The first-order valence-electron chi connectivity index (χ1n) is 14.5. The van der Waals surface area contributed by atoms with E-state index >= 15 is 0 Å². The summed E-state index contributed by atoms with van der Waals surface area (Å²) in [6, 6.07) is 7.50. The maximum absolute atomic E-state index is 13.7. The van der Waals surface area contributed by atoms with Crippen LogP contribution in [0.2, 0.25) is 0 Å². The highest BCUT2D eigenvalue weighted by molar-refractivity contribution is 7.88. The van der Waals surface area contributed by atoms with Crippen LogP contribution in [0.3, 0.4) is 0 Å². The average molecular weight is 633 g/mol. The fourth-order valence-electron chi connectivity index (χ4n) is 6.25. The molecule has 1 amide bonds. The molecule has 0 saturated carbocycles. The molecule has 0 unspecified atom stereocenters. The lowest BCUT2D eigenvalue weighted by Gasteiger charge is -2.34. The Bertz CT molecular complexity index is 2090. The van der Waals surface area contributed by atoms with E-state index in [1.807, 2.05) is 39.0 Å². The van der Waals surface area contributed by atoms with E-state index < -0.39 is 10.0 Å². The van der Waals surface area contributed by atoms with Crippen LogP contribution in [-0.4, -0.2) is 96.4 Å². The number of carbonyl (C=O) groups is 1. The highest BCUT2D eigenvalue weighted by atomic mass is 32.2. The van der Waals surface area contributed by atoms with Crippen LogP contribution in [0.4, 0.5) is 0 Å². The van der Waals surface area contributed by atoms with Gasteiger partial charge in [-0.15, -0.1) is 0 Å². The molecule has 0 bridgehead atoms. The number of nitrogens with zero attached hydrogens (tertiary/aromatic N) is 5. The molecule has 2 aromatic carbocycles. The van der Waals surface area contributed by atoms with Crippen LogP contribution in [-0.2, 0) is 10.0 Å². The topological polar surface area (TPSA) is 153 Å². The Kier molecular flexibility index (Phi) is 6.93. The van der Waals surface area contributed by atoms with Crippen molar-refractivity contribution in [2.24, 2.45) is 0 Å². The van der Waals surface area contributed by atoms with Gasteiger partial charge in [-0.2, -0.15) is 4.31 Å². The van der Waals surface area contributed by atoms with Crippen molar-refractivity contribution in [1.82, 2.24) is 29.3 Å². The van der Waals surface area contributed by atoms with Crippen molar-refractivity contribution in [1.29, 1.82) is 0 Å². The summed E-state index contributed by atoms with van der Waals surface area (Å²) in [6.07, 6.45) is 1.18. The monoisotopic (exact) mass is 632 g/mol. The number of fused-ring (bicyclic) bond motifs is 4. The minimum atomic E-state index is -3.32. The highest BCUT2D eigenvalue weighted by Gasteiger charge is 2.32. The van der Waals surface area contributed by atoms with Gasteiger partial charge in [0.1, 0.15) is 36.2 Å². The Morgan fingerprint density at radius 2 is 1.71 bits per heavy atom. The van der Waals surface area contributed by atoms with E-state index in [0.717, 1.165) is 33.1 Å². The molecule has 3 aromatic heterocycles. The standard InChI is InChI=1S/C31H32N6O7S/c1-16-25(17(2)44-35-16)22-14-23-21(15-24(22)41-4)26-27(32-18(3)33-30(26)34-23)19-6-7-20(29-28(19)42-12-13-43-29)31(38)36-8-10-37(11-9-36)45(5,39)40/h6-7,14-15H,8-13H2,1-5H3,(H,32,33,34). The molecule has 234 valence electrons. The van der Waals surface area contributed by atoms with Crippen molar-refractivity contribution in [2.75, 3.05) is 52.8 Å². The quantitative estimate of drug-likeness (QED) is 0.302. The van der Waals surface area contributed by atoms with Crippen LogP contribution in [0.1, 0.15) is 27.6 Å². The Labute approximate surface area is 259 Å². The van der Waals surface area contributed by atoms with Crippen molar-refractivity contribution in [3.63, 3.8) is 0 Å². The molecular weight excluding hydrogens is 600 g/mol. The summed E-state index contributed by atoms with van der Waals surface area (Å²) in [6.45, 7) is 7.21. The van der Waals surface area contributed by atoms with Gasteiger partial charge in [-0.1, -0.05) is 5.16 Å². The van der Waals surface area contributed by atoms with Crippen LogP contribution in [0.5, 0.6) is 17.2 Å². The van der Waals surface area contributed by atoms with Crippen molar-refractivity contribution < 1.29 is 31.9 Å². The van der Waals surface area contributed by atoms with Gasteiger partial charge in [-0.3, -0.25) is 4.79 Å². The number of hydrogen-bond donors (Lipinski definition) is 1. The lowest BCUT2D eigenvalue weighted by atomic mass is 9.98. The number of benzene rings is 2. The van der Waals surface area contributed by atoms with Gasteiger partial charge in [-0.05, 0) is 45.0 Å². The summed E-state index contributed by atoms with van der Waals surface area (Å²) >= 11 is 0. The third kappa shape index (κ3) is 4.84. The second-order valence-corrected chi connectivity index (χ2v) is 13.2. The summed E-state index contributed by atoms with van der Waals surface area (Å²) in [4.78, 5) is 28.4. The number of aromatic amines is 1.